The molecule has 0 aromatic rings. The van der Waals surface area contributed by atoms with E-state index in [0.29, 0.717) is 0 Å². The van der Waals surface area contributed by atoms with Crippen LogP contribution in [0, 0.1) is 0 Å². The van der Waals surface area contributed by atoms with Gasteiger partial charge in [-0.05, 0) is 26.7 Å². The summed E-state index contributed by atoms with van der Waals surface area (Å²) < 4.78 is 9.86. The minimum absolute atomic E-state index is 0.0555. The first kappa shape index (κ1) is 25.3. The molecule has 0 amide bonds. The Morgan fingerprint density at radius 2 is 1.42 bits per heavy atom. The first-order valence-corrected chi connectivity index (χ1v) is 9.19. The molecule has 0 aliphatic carbocycles. The summed E-state index contributed by atoms with van der Waals surface area (Å²) in [5.41, 5.74) is 0. The zero-order chi connectivity index (χ0) is 18.6. The van der Waals surface area contributed by atoms with Crippen LogP contribution in [0.3, 0.4) is 0 Å². The van der Waals surface area contributed by atoms with Crippen LogP contribution in [0.25, 0.3) is 0 Å². The second kappa shape index (κ2) is 20.1. The van der Waals surface area contributed by atoms with Crippen LogP contribution in [0.15, 0.2) is 12.2 Å². The summed E-state index contributed by atoms with van der Waals surface area (Å²) in [5.74, 6) is -0.838. The molecule has 144 valence electrons. The summed E-state index contributed by atoms with van der Waals surface area (Å²) in [4.78, 5) is 10.1. The molecule has 0 bridgehead atoms. The minimum atomic E-state index is -0.838. The highest BCUT2D eigenvalue weighted by Gasteiger charge is 2.02. The Hall–Kier alpha value is -0.910. The van der Waals surface area contributed by atoms with E-state index < -0.39 is 5.97 Å². The zero-order valence-electron chi connectivity index (χ0n) is 16.3. The summed E-state index contributed by atoms with van der Waals surface area (Å²) in [7, 11) is 3.31. The lowest BCUT2D eigenvalue weighted by Crippen LogP contribution is -2.36. The highest BCUT2D eigenvalue weighted by Crippen LogP contribution is 2.09. The van der Waals surface area contributed by atoms with E-state index in [2.05, 4.69) is 12.2 Å². The van der Waals surface area contributed by atoms with Crippen LogP contribution in [0.4, 0.5) is 0 Å². The second-order valence-electron chi connectivity index (χ2n) is 5.93. The second-order valence-corrected chi connectivity index (χ2v) is 5.93. The fourth-order valence-electron chi connectivity index (χ4n) is 2.05. The minimum Gasteiger partial charge on any atom is -0.478 e. The molecule has 2 atom stereocenters. The summed E-state index contributed by atoms with van der Waals surface area (Å²) in [5, 5.41) is 11.4. The van der Waals surface area contributed by atoms with Crippen LogP contribution in [-0.2, 0) is 14.3 Å². The van der Waals surface area contributed by atoms with E-state index in [0.717, 1.165) is 12.8 Å². The highest BCUT2D eigenvalue weighted by atomic mass is 16.5. The number of ether oxygens (including phenoxy) is 2. The van der Waals surface area contributed by atoms with E-state index in [1.165, 1.54) is 51.0 Å². The van der Waals surface area contributed by atoms with Crippen molar-refractivity contribution in [1.82, 2.24) is 5.32 Å². The third-order valence-electron chi connectivity index (χ3n) is 3.66. The lowest BCUT2D eigenvalue weighted by molar-refractivity contribution is -0.131. The summed E-state index contributed by atoms with van der Waals surface area (Å²) in [6, 6.07) is 0. The van der Waals surface area contributed by atoms with Gasteiger partial charge in [-0.1, -0.05) is 57.9 Å². The van der Waals surface area contributed by atoms with Gasteiger partial charge in [0.05, 0.1) is 0 Å². The fraction of sp³-hybridized carbons (Fsp3) is 0.842. The van der Waals surface area contributed by atoms with Gasteiger partial charge >= 0.3 is 5.97 Å². The van der Waals surface area contributed by atoms with E-state index in [1.54, 1.807) is 20.3 Å². The number of rotatable bonds is 14. The van der Waals surface area contributed by atoms with Crippen LogP contribution in [0.1, 0.15) is 78.6 Å². The van der Waals surface area contributed by atoms with Crippen molar-refractivity contribution < 1.29 is 19.4 Å². The van der Waals surface area contributed by atoms with Crippen LogP contribution >= 0.6 is 0 Å². The first-order valence-electron chi connectivity index (χ1n) is 9.19. The smallest absolute Gasteiger partial charge is 0.327 e. The zero-order valence-corrected chi connectivity index (χ0v) is 16.3. The largest absolute Gasteiger partial charge is 0.478 e. The van der Waals surface area contributed by atoms with Crippen molar-refractivity contribution in [2.45, 2.75) is 91.0 Å². The number of aliphatic carboxylic acids is 1. The van der Waals surface area contributed by atoms with Crippen molar-refractivity contribution in [3.8, 4) is 0 Å². The maximum absolute atomic E-state index is 10.1. The Balaban J connectivity index is 0. The SMILES string of the molecule is CCCCCCCCCC/C=C/C(=O)O.COC(C)NC(C)OC. The van der Waals surface area contributed by atoms with Crippen molar-refractivity contribution >= 4 is 5.97 Å². The quantitative estimate of drug-likeness (QED) is 0.271. The topological polar surface area (TPSA) is 67.8 Å². The molecule has 0 spiro atoms. The van der Waals surface area contributed by atoms with Crippen molar-refractivity contribution in [1.29, 1.82) is 0 Å². The predicted molar refractivity (Wildman–Crippen MR) is 100 cm³/mol. The molecule has 5 nitrogen and oxygen atoms in total. The molecule has 2 unspecified atom stereocenters. The van der Waals surface area contributed by atoms with Crippen LogP contribution in [0.2, 0.25) is 0 Å². The molecular formula is C19H39NO4. The van der Waals surface area contributed by atoms with Crippen LogP contribution < -0.4 is 5.32 Å². The monoisotopic (exact) mass is 345 g/mol. The van der Waals surface area contributed by atoms with Gasteiger partial charge < -0.3 is 14.6 Å². The Bertz CT molecular complexity index is 287. The molecule has 0 aromatic carbocycles. The Morgan fingerprint density at radius 3 is 1.83 bits per heavy atom. The summed E-state index contributed by atoms with van der Waals surface area (Å²) in [6.45, 7) is 6.08. The van der Waals surface area contributed by atoms with E-state index >= 15 is 0 Å². The molecule has 5 heteroatoms. The number of hydrogen-bond donors (Lipinski definition) is 2. The van der Waals surface area contributed by atoms with Gasteiger partial charge in [-0.15, -0.1) is 0 Å². The van der Waals surface area contributed by atoms with Crippen LogP contribution in [0.5, 0.6) is 0 Å². The number of methoxy groups -OCH3 is 2. The van der Waals surface area contributed by atoms with Crippen molar-refractivity contribution in [3.63, 3.8) is 0 Å². The number of unbranched alkanes of at least 4 members (excludes halogenated alkanes) is 8. The molecule has 0 aliphatic heterocycles. The standard InChI is InChI=1S/C13H24O2.C6H15NO2/c1-2-3-4-5-6-7-8-9-10-11-12-13(14)15;1-5(8-3)7-6(2)9-4/h11-12H,2-10H2,1H3,(H,14,15);5-7H,1-4H3/b12-11+;. The lowest BCUT2D eigenvalue weighted by Gasteiger charge is -2.16. The fourth-order valence-corrected chi connectivity index (χ4v) is 2.05. The molecule has 0 radical (unpaired) electrons. The number of carboxylic acid groups (broad SMARTS) is 1. The molecule has 0 saturated heterocycles. The lowest BCUT2D eigenvalue weighted by atomic mass is 10.1. The number of allylic oxidation sites excluding steroid dienone is 1. The summed E-state index contributed by atoms with van der Waals surface area (Å²) >= 11 is 0. The molecule has 0 aliphatic rings. The third-order valence-corrected chi connectivity index (χ3v) is 3.66. The van der Waals surface area contributed by atoms with Crippen molar-refractivity contribution in [2.75, 3.05) is 14.2 Å². The Kier molecular flexibility index (Phi) is 21.3. The van der Waals surface area contributed by atoms with E-state index in [4.69, 9.17) is 14.6 Å². The molecule has 0 aromatic heterocycles. The third kappa shape index (κ3) is 23.4. The number of nitrogens with one attached hydrogen (secondary N) is 1. The number of carbonyl (C=O) groups is 1. The average Bonchev–Trinajstić information content (AvgIpc) is 2.56. The Morgan fingerprint density at radius 1 is 0.958 bits per heavy atom. The van der Waals surface area contributed by atoms with Gasteiger partial charge in [-0.3, -0.25) is 5.32 Å². The van der Waals surface area contributed by atoms with Gasteiger partial charge in [0.1, 0.15) is 12.5 Å². The predicted octanol–water partition coefficient (Wildman–Crippen LogP) is 4.72. The van der Waals surface area contributed by atoms with Gasteiger partial charge in [0.15, 0.2) is 0 Å². The first-order chi connectivity index (χ1) is 11.5. The van der Waals surface area contributed by atoms with Crippen LogP contribution in [-0.4, -0.2) is 37.8 Å². The molecule has 24 heavy (non-hydrogen) atoms. The van der Waals surface area contributed by atoms with Crippen molar-refractivity contribution in [2.24, 2.45) is 0 Å². The van der Waals surface area contributed by atoms with Gasteiger partial charge in [-0.25, -0.2) is 4.79 Å². The van der Waals surface area contributed by atoms with Gasteiger partial charge in [0, 0.05) is 20.3 Å². The Labute approximate surface area is 148 Å². The molecule has 2 N–H and O–H groups in total. The highest BCUT2D eigenvalue weighted by molar-refractivity contribution is 5.79. The molecule has 0 heterocycles. The van der Waals surface area contributed by atoms with Gasteiger partial charge in [0.2, 0.25) is 0 Å². The maximum atomic E-state index is 10.1. The van der Waals surface area contributed by atoms with Gasteiger partial charge in [-0.2, -0.15) is 0 Å². The maximum Gasteiger partial charge on any atom is 0.327 e. The average molecular weight is 346 g/mol. The molecule has 0 fully saturated rings. The number of carboxylic acids is 1. The van der Waals surface area contributed by atoms with E-state index in [1.807, 2.05) is 13.8 Å². The molecular weight excluding hydrogens is 306 g/mol. The van der Waals surface area contributed by atoms with Gasteiger partial charge in [0.25, 0.3) is 0 Å². The molecule has 0 saturated carbocycles. The molecule has 0 rings (SSSR count). The summed E-state index contributed by atoms with van der Waals surface area (Å²) in [6.07, 6.45) is 14.4. The van der Waals surface area contributed by atoms with E-state index in [9.17, 15) is 4.79 Å². The number of hydrogen-bond acceptors (Lipinski definition) is 4. The van der Waals surface area contributed by atoms with E-state index in [-0.39, 0.29) is 12.5 Å². The van der Waals surface area contributed by atoms with Crippen molar-refractivity contribution in [3.05, 3.63) is 12.2 Å². The normalized spacial score (nSPS) is 13.4.